The first-order valence-electron chi connectivity index (χ1n) is 5.74. The van der Waals surface area contributed by atoms with E-state index in [9.17, 15) is 4.79 Å². The first-order valence-corrected chi connectivity index (χ1v) is 6.18. The van der Waals surface area contributed by atoms with Crippen molar-refractivity contribution in [1.29, 1.82) is 0 Å². The number of methoxy groups -OCH3 is 1. The molecule has 0 N–H and O–H groups in total. The van der Waals surface area contributed by atoms with Crippen molar-refractivity contribution in [3.8, 4) is 5.75 Å². The smallest absolute Gasteiger partial charge is 0.227 e. The van der Waals surface area contributed by atoms with Crippen molar-refractivity contribution in [3.05, 3.63) is 29.8 Å². The number of para-hydroxylation sites is 1. The maximum absolute atomic E-state index is 12.0. The van der Waals surface area contributed by atoms with Gasteiger partial charge in [0.2, 0.25) is 5.91 Å². The fourth-order valence-corrected chi connectivity index (χ4v) is 2.33. The van der Waals surface area contributed by atoms with Gasteiger partial charge in [0.15, 0.2) is 0 Å². The van der Waals surface area contributed by atoms with Crippen LogP contribution >= 0.6 is 11.6 Å². The lowest BCUT2D eigenvalue weighted by atomic mass is 10.1. The third kappa shape index (κ3) is 2.91. The highest BCUT2D eigenvalue weighted by Gasteiger charge is 2.24. The molecule has 1 aliphatic rings. The highest BCUT2D eigenvalue weighted by Crippen LogP contribution is 2.20. The molecular formula is C13H16ClNO2. The summed E-state index contributed by atoms with van der Waals surface area (Å²) in [4.78, 5) is 13.9. The van der Waals surface area contributed by atoms with E-state index in [2.05, 4.69) is 0 Å². The molecule has 1 aliphatic heterocycles. The number of alkyl halides is 1. The van der Waals surface area contributed by atoms with E-state index in [0.717, 1.165) is 24.3 Å². The third-order valence-corrected chi connectivity index (χ3v) is 3.37. The van der Waals surface area contributed by atoms with Gasteiger partial charge in [0.25, 0.3) is 0 Å². The molecule has 92 valence electrons. The Balaban J connectivity index is 2.03. The Labute approximate surface area is 106 Å². The molecule has 1 amide bonds. The summed E-state index contributed by atoms with van der Waals surface area (Å²) in [7, 11) is 1.62. The number of hydrogen-bond donors (Lipinski definition) is 0. The van der Waals surface area contributed by atoms with Crippen molar-refractivity contribution in [1.82, 2.24) is 4.90 Å². The number of carbonyl (C=O) groups is 1. The molecule has 2 rings (SSSR count). The van der Waals surface area contributed by atoms with Gasteiger partial charge >= 0.3 is 0 Å². The summed E-state index contributed by atoms with van der Waals surface area (Å²) in [5.74, 6) is 0.889. The predicted octanol–water partition coefficient (Wildman–Crippen LogP) is 2.08. The number of carbonyl (C=O) groups excluding carboxylic acids is 1. The largest absolute Gasteiger partial charge is 0.496 e. The van der Waals surface area contributed by atoms with Crippen LogP contribution in [-0.2, 0) is 11.2 Å². The third-order valence-electron chi connectivity index (χ3n) is 3.02. The maximum Gasteiger partial charge on any atom is 0.227 e. The minimum atomic E-state index is 0.108. The first-order chi connectivity index (χ1) is 8.20. The molecule has 0 saturated carbocycles. The van der Waals surface area contributed by atoms with E-state index < -0.39 is 0 Å². The number of ether oxygens (including phenoxy) is 1. The molecule has 17 heavy (non-hydrogen) atoms. The van der Waals surface area contributed by atoms with E-state index >= 15 is 0 Å². The van der Waals surface area contributed by atoms with Gasteiger partial charge in [-0.2, -0.15) is 0 Å². The van der Waals surface area contributed by atoms with E-state index in [1.807, 2.05) is 29.2 Å². The van der Waals surface area contributed by atoms with Gasteiger partial charge in [0, 0.05) is 18.7 Å². The second kappa shape index (κ2) is 5.41. The number of benzene rings is 1. The van der Waals surface area contributed by atoms with Gasteiger partial charge in [-0.3, -0.25) is 4.79 Å². The average Bonchev–Trinajstić information content (AvgIpc) is 2.77. The molecule has 0 spiro atoms. The van der Waals surface area contributed by atoms with Gasteiger partial charge in [0.05, 0.1) is 18.9 Å². The maximum atomic E-state index is 12.0. The van der Waals surface area contributed by atoms with Gasteiger partial charge in [-0.05, 0) is 12.5 Å². The summed E-state index contributed by atoms with van der Waals surface area (Å²) in [5, 5.41) is 0.108. The zero-order valence-corrected chi connectivity index (χ0v) is 10.6. The lowest BCUT2D eigenvalue weighted by Gasteiger charge is -2.16. The highest BCUT2D eigenvalue weighted by molar-refractivity contribution is 6.21. The molecule has 1 saturated heterocycles. The summed E-state index contributed by atoms with van der Waals surface area (Å²) >= 11 is 5.99. The molecule has 4 heteroatoms. The minimum absolute atomic E-state index is 0.108. The van der Waals surface area contributed by atoms with E-state index in [1.165, 1.54) is 0 Å². The van der Waals surface area contributed by atoms with E-state index in [1.54, 1.807) is 7.11 Å². The second-order valence-electron chi connectivity index (χ2n) is 4.21. The lowest BCUT2D eigenvalue weighted by molar-refractivity contribution is -0.129. The normalized spacial score (nSPS) is 19.4. The quantitative estimate of drug-likeness (QED) is 0.772. The molecule has 1 fully saturated rings. The molecule has 0 radical (unpaired) electrons. The Morgan fingerprint density at radius 3 is 2.94 bits per heavy atom. The van der Waals surface area contributed by atoms with Crippen LogP contribution in [0.4, 0.5) is 0 Å². The van der Waals surface area contributed by atoms with Crippen molar-refractivity contribution in [3.63, 3.8) is 0 Å². The van der Waals surface area contributed by atoms with Crippen molar-refractivity contribution in [2.45, 2.75) is 18.2 Å². The van der Waals surface area contributed by atoms with Crippen LogP contribution in [-0.4, -0.2) is 36.4 Å². The van der Waals surface area contributed by atoms with Crippen LogP contribution in [0.25, 0.3) is 0 Å². The zero-order valence-electron chi connectivity index (χ0n) is 9.86. The van der Waals surface area contributed by atoms with Crippen LogP contribution in [0.1, 0.15) is 12.0 Å². The SMILES string of the molecule is COc1ccccc1CC(=O)N1CCC(Cl)C1. The zero-order chi connectivity index (χ0) is 12.3. The number of rotatable bonds is 3. The topological polar surface area (TPSA) is 29.5 Å². The molecule has 1 atom stereocenters. The van der Waals surface area contributed by atoms with E-state index in [-0.39, 0.29) is 11.3 Å². The van der Waals surface area contributed by atoms with Gasteiger partial charge in [-0.1, -0.05) is 18.2 Å². The van der Waals surface area contributed by atoms with Crippen molar-refractivity contribution in [2.75, 3.05) is 20.2 Å². The predicted molar refractivity (Wildman–Crippen MR) is 67.5 cm³/mol. The molecule has 3 nitrogen and oxygen atoms in total. The Hall–Kier alpha value is -1.22. The summed E-state index contributed by atoms with van der Waals surface area (Å²) < 4.78 is 5.23. The van der Waals surface area contributed by atoms with E-state index in [4.69, 9.17) is 16.3 Å². The minimum Gasteiger partial charge on any atom is -0.496 e. The van der Waals surface area contributed by atoms with Crippen molar-refractivity contribution in [2.24, 2.45) is 0 Å². The van der Waals surface area contributed by atoms with Crippen LogP contribution in [0.3, 0.4) is 0 Å². The number of likely N-dealkylation sites (tertiary alicyclic amines) is 1. The van der Waals surface area contributed by atoms with Gasteiger partial charge < -0.3 is 9.64 Å². The Morgan fingerprint density at radius 2 is 2.29 bits per heavy atom. The Bertz CT molecular complexity index is 408. The summed E-state index contributed by atoms with van der Waals surface area (Å²) in [6.07, 6.45) is 1.27. The molecular weight excluding hydrogens is 238 g/mol. The summed E-state index contributed by atoms with van der Waals surface area (Å²) in [5.41, 5.74) is 0.929. The van der Waals surface area contributed by atoms with Crippen LogP contribution in [0.5, 0.6) is 5.75 Å². The number of amides is 1. The molecule has 1 aromatic carbocycles. The summed E-state index contributed by atoms with van der Waals surface area (Å²) in [6.45, 7) is 1.43. The number of hydrogen-bond acceptors (Lipinski definition) is 2. The highest BCUT2D eigenvalue weighted by atomic mass is 35.5. The molecule has 1 aromatic rings. The first kappa shape index (κ1) is 12.2. The van der Waals surface area contributed by atoms with E-state index in [0.29, 0.717) is 13.0 Å². The number of halogens is 1. The van der Waals surface area contributed by atoms with Crippen LogP contribution in [0.15, 0.2) is 24.3 Å². The van der Waals surface area contributed by atoms with Gasteiger partial charge in [-0.25, -0.2) is 0 Å². The Kier molecular flexibility index (Phi) is 3.89. The van der Waals surface area contributed by atoms with Crippen LogP contribution in [0, 0.1) is 0 Å². The average molecular weight is 254 g/mol. The van der Waals surface area contributed by atoms with Crippen LogP contribution in [0.2, 0.25) is 0 Å². The number of nitrogens with zero attached hydrogens (tertiary/aromatic N) is 1. The summed E-state index contributed by atoms with van der Waals surface area (Å²) in [6, 6.07) is 7.61. The standard InChI is InChI=1S/C13H16ClNO2/c1-17-12-5-3-2-4-10(12)8-13(16)15-7-6-11(14)9-15/h2-5,11H,6-9H2,1H3. The van der Waals surface area contributed by atoms with Crippen molar-refractivity contribution < 1.29 is 9.53 Å². The molecule has 1 unspecified atom stereocenters. The van der Waals surface area contributed by atoms with Crippen molar-refractivity contribution >= 4 is 17.5 Å². The molecule has 0 aliphatic carbocycles. The fraction of sp³-hybridized carbons (Fsp3) is 0.462. The second-order valence-corrected chi connectivity index (χ2v) is 4.83. The molecule has 0 aromatic heterocycles. The Morgan fingerprint density at radius 1 is 1.53 bits per heavy atom. The van der Waals surface area contributed by atoms with Gasteiger partial charge in [-0.15, -0.1) is 11.6 Å². The molecule has 0 bridgehead atoms. The molecule has 1 heterocycles. The lowest BCUT2D eigenvalue weighted by Crippen LogP contribution is -2.30. The monoisotopic (exact) mass is 253 g/mol. The van der Waals surface area contributed by atoms with Crippen LogP contribution < -0.4 is 4.74 Å². The fourth-order valence-electron chi connectivity index (χ4n) is 2.07. The van der Waals surface area contributed by atoms with Gasteiger partial charge in [0.1, 0.15) is 5.75 Å².